The lowest BCUT2D eigenvalue weighted by molar-refractivity contribution is 0.377. The quantitative estimate of drug-likeness (QED) is 0.589. The molecule has 1 aromatic heterocycles. The molecule has 0 spiro atoms. The Morgan fingerprint density at radius 1 is 1.36 bits per heavy atom. The number of nitrogens with one attached hydrogen (secondary N) is 2. The van der Waals surface area contributed by atoms with Crippen LogP contribution in [0.15, 0.2) is 18.2 Å². The minimum atomic E-state index is 0.214. The summed E-state index contributed by atoms with van der Waals surface area (Å²) >= 11 is 0. The lowest BCUT2D eigenvalue weighted by atomic mass is 9.88. The van der Waals surface area contributed by atoms with Crippen molar-refractivity contribution in [3.05, 3.63) is 29.3 Å². The topological polar surface area (TPSA) is 87.9 Å². The van der Waals surface area contributed by atoms with Gasteiger partial charge in [-0.05, 0) is 25.3 Å². The first-order valence-electron chi connectivity index (χ1n) is 7.99. The van der Waals surface area contributed by atoms with Gasteiger partial charge in [0.15, 0.2) is 0 Å². The Kier molecular flexibility index (Phi) is 5.41. The second kappa shape index (κ2) is 7.29. The molecule has 2 rings (SSSR count). The van der Waals surface area contributed by atoms with Gasteiger partial charge < -0.3 is 10.5 Å². The van der Waals surface area contributed by atoms with Crippen LogP contribution in [0.1, 0.15) is 51.0 Å². The number of hydrogen-bond donors (Lipinski definition) is 3. The van der Waals surface area contributed by atoms with Crippen LogP contribution < -0.4 is 16.0 Å². The van der Waals surface area contributed by atoms with Crippen molar-refractivity contribution in [2.75, 3.05) is 7.11 Å². The highest BCUT2D eigenvalue weighted by molar-refractivity contribution is 5.85. The van der Waals surface area contributed by atoms with Crippen LogP contribution in [0, 0.1) is 16.7 Å². The lowest BCUT2D eigenvalue weighted by Gasteiger charge is -2.25. The Bertz CT molecular complexity index is 624. The van der Waals surface area contributed by atoms with E-state index in [1.165, 1.54) is 6.42 Å². The van der Waals surface area contributed by atoms with E-state index in [0.717, 1.165) is 37.7 Å². The predicted octanol–water partition coefficient (Wildman–Crippen LogP) is 3.09. The Balaban J connectivity index is 2.41. The molecule has 5 nitrogen and oxygen atoms in total. The average Bonchev–Trinajstić information content (AvgIpc) is 2.54. The number of nitrogens with zero attached hydrogens (tertiary/aromatic N) is 1. The largest absolute Gasteiger partial charge is 0.482 e. The summed E-state index contributed by atoms with van der Waals surface area (Å²) in [5, 5.41) is 16.8. The van der Waals surface area contributed by atoms with Crippen molar-refractivity contribution in [3.8, 4) is 5.88 Å². The van der Waals surface area contributed by atoms with Crippen molar-refractivity contribution < 1.29 is 4.74 Å². The van der Waals surface area contributed by atoms with Gasteiger partial charge in [0.1, 0.15) is 11.3 Å². The number of nitrogens with two attached hydrogens (primary N) is 1. The number of hydrogen-bond acceptors (Lipinski definition) is 4. The highest BCUT2D eigenvalue weighted by Gasteiger charge is 2.22. The zero-order chi connectivity index (χ0) is 16.1. The molecule has 1 fully saturated rings. The van der Waals surface area contributed by atoms with Gasteiger partial charge in [-0.1, -0.05) is 32.3 Å². The van der Waals surface area contributed by atoms with E-state index in [1.54, 1.807) is 17.7 Å². The molecule has 22 heavy (non-hydrogen) atoms. The van der Waals surface area contributed by atoms with Crippen molar-refractivity contribution in [1.29, 1.82) is 10.8 Å². The van der Waals surface area contributed by atoms with Crippen LogP contribution in [0.4, 0.5) is 0 Å². The third-order valence-corrected chi connectivity index (χ3v) is 4.23. The molecule has 5 heteroatoms. The summed E-state index contributed by atoms with van der Waals surface area (Å²) in [7, 11) is 1.57. The minimum absolute atomic E-state index is 0.214. The van der Waals surface area contributed by atoms with Gasteiger partial charge in [-0.25, -0.2) is 0 Å². The molecule has 1 aliphatic rings. The Labute approximate surface area is 131 Å². The van der Waals surface area contributed by atoms with Gasteiger partial charge in [-0.2, -0.15) is 0 Å². The van der Waals surface area contributed by atoms with Crippen molar-refractivity contribution in [3.63, 3.8) is 0 Å². The van der Waals surface area contributed by atoms with Gasteiger partial charge in [0.05, 0.1) is 7.11 Å². The molecule has 0 aliphatic heterocycles. The summed E-state index contributed by atoms with van der Waals surface area (Å²) in [6, 6.07) is 3.53. The fraction of sp³-hybridized carbons (Fsp3) is 0.529. The molecule has 1 saturated carbocycles. The number of ether oxygens (including phenoxy) is 1. The molecule has 120 valence electrons. The molecule has 0 bridgehead atoms. The van der Waals surface area contributed by atoms with E-state index in [4.69, 9.17) is 21.3 Å². The van der Waals surface area contributed by atoms with E-state index < -0.39 is 0 Å². The van der Waals surface area contributed by atoms with Gasteiger partial charge in [-0.3, -0.25) is 15.4 Å². The molecule has 1 heterocycles. The lowest BCUT2D eigenvalue weighted by Crippen LogP contribution is -2.33. The highest BCUT2D eigenvalue weighted by atomic mass is 16.5. The standard InChI is InChI=1S/C17H26N4O/c1-3-7-14(18)13-10-15(19)21(16(11-13)22-2)17(20)12-8-5-4-6-9-12/h7,10-12,19-20H,3-6,8-9,18H2,1-2H3/b14-7-,19-15?,20-17?. The summed E-state index contributed by atoms with van der Waals surface area (Å²) in [6.45, 7) is 2.02. The van der Waals surface area contributed by atoms with Crippen molar-refractivity contribution >= 4 is 11.5 Å². The maximum atomic E-state index is 8.49. The van der Waals surface area contributed by atoms with Crippen molar-refractivity contribution in [2.24, 2.45) is 11.7 Å². The van der Waals surface area contributed by atoms with Gasteiger partial charge in [0.25, 0.3) is 0 Å². The third kappa shape index (κ3) is 3.40. The molecule has 0 saturated heterocycles. The SMILES string of the molecule is CC/C=C(\N)c1cc(OC)n(C(=N)C2CCCCC2)c(=N)c1. The van der Waals surface area contributed by atoms with Gasteiger partial charge in [0.2, 0.25) is 5.88 Å². The molecular formula is C17H26N4O. The summed E-state index contributed by atoms with van der Waals surface area (Å²) in [5.41, 5.74) is 7.69. The number of rotatable bonds is 4. The Morgan fingerprint density at radius 2 is 2.05 bits per heavy atom. The number of allylic oxidation sites excluding steroid dienone is 1. The van der Waals surface area contributed by atoms with Crippen LogP contribution >= 0.6 is 0 Å². The van der Waals surface area contributed by atoms with Crippen LogP contribution in [0.2, 0.25) is 0 Å². The highest BCUT2D eigenvalue weighted by Crippen LogP contribution is 2.26. The molecule has 1 aliphatic carbocycles. The monoisotopic (exact) mass is 302 g/mol. The smallest absolute Gasteiger partial charge is 0.201 e. The van der Waals surface area contributed by atoms with E-state index in [-0.39, 0.29) is 11.4 Å². The number of pyridine rings is 1. The van der Waals surface area contributed by atoms with Crippen LogP contribution in [-0.4, -0.2) is 17.5 Å². The van der Waals surface area contributed by atoms with Crippen LogP contribution in [-0.2, 0) is 0 Å². The molecule has 0 aromatic carbocycles. The number of methoxy groups -OCH3 is 1. The Hall–Kier alpha value is -2.04. The molecular weight excluding hydrogens is 276 g/mol. The van der Waals surface area contributed by atoms with E-state index >= 15 is 0 Å². The van der Waals surface area contributed by atoms with Crippen LogP contribution in [0.5, 0.6) is 5.88 Å². The van der Waals surface area contributed by atoms with Gasteiger partial charge in [-0.15, -0.1) is 0 Å². The van der Waals surface area contributed by atoms with Crippen LogP contribution in [0.3, 0.4) is 0 Å². The molecule has 0 atom stereocenters. The first-order valence-corrected chi connectivity index (χ1v) is 7.99. The second-order valence-corrected chi connectivity index (χ2v) is 5.79. The normalized spacial score (nSPS) is 16.5. The molecule has 0 unspecified atom stereocenters. The predicted molar refractivity (Wildman–Crippen MR) is 89.0 cm³/mol. The first kappa shape index (κ1) is 16.3. The maximum Gasteiger partial charge on any atom is 0.201 e. The summed E-state index contributed by atoms with van der Waals surface area (Å²) in [4.78, 5) is 0. The first-order chi connectivity index (χ1) is 10.6. The molecule has 4 N–H and O–H groups in total. The summed E-state index contributed by atoms with van der Waals surface area (Å²) in [6.07, 6.45) is 8.37. The van der Waals surface area contributed by atoms with Crippen molar-refractivity contribution in [2.45, 2.75) is 45.4 Å². The zero-order valence-corrected chi connectivity index (χ0v) is 13.5. The van der Waals surface area contributed by atoms with E-state index in [2.05, 4.69) is 0 Å². The fourth-order valence-electron chi connectivity index (χ4n) is 3.03. The fourth-order valence-corrected chi connectivity index (χ4v) is 3.03. The molecule has 1 aromatic rings. The summed E-state index contributed by atoms with van der Waals surface area (Å²) < 4.78 is 7.02. The van der Waals surface area contributed by atoms with E-state index in [9.17, 15) is 0 Å². The van der Waals surface area contributed by atoms with E-state index in [0.29, 0.717) is 17.4 Å². The molecule has 0 radical (unpaired) electrons. The molecule has 0 amide bonds. The van der Waals surface area contributed by atoms with Gasteiger partial charge in [0, 0.05) is 23.2 Å². The van der Waals surface area contributed by atoms with Crippen LogP contribution in [0.25, 0.3) is 5.70 Å². The van der Waals surface area contributed by atoms with E-state index in [1.807, 2.05) is 19.1 Å². The van der Waals surface area contributed by atoms with Crippen molar-refractivity contribution in [1.82, 2.24) is 4.57 Å². The maximum absolute atomic E-state index is 8.49. The minimum Gasteiger partial charge on any atom is -0.482 e. The second-order valence-electron chi connectivity index (χ2n) is 5.79. The average molecular weight is 302 g/mol. The number of aromatic nitrogens is 1. The third-order valence-electron chi connectivity index (χ3n) is 4.23. The Morgan fingerprint density at radius 3 is 2.64 bits per heavy atom. The summed E-state index contributed by atoms with van der Waals surface area (Å²) in [5.74, 6) is 1.18. The van der Waals surface area contributed by atoms with Gasteiger partial charge >= 0.3 is 0 Å². The zero-order valence-electron chi connectivity index (χ0n) is 13.5.